The van der Waals surface area contributed by atoms with Crippen LogP contribution in [0.15, 0.2) is 46.2 Å². The fourth-order valence-corrected chi connectivity index (χ4v) is 6.17. The maximum Gasteiger partial charge on any atom is 0.347 e. The monoisotopic (exact) mass is 579 g/mol. The van der Waals surface area contributed by atoms with Gasteiger partial charge in [-0.1, -0.05) is 29.0 Å². The number of benzene rings is 1. The Morgan fingerprint density at radius 2 is 2.00 bits per heavy atom. The van der Waals surface area contributed by atoms with Crippen LogP contribution in [-0.2, 0) is 9.53 Å². The number of carbonyl (C=O) groups is 2. The van der Waals surface area contributed by atoms with Crippen molar-refractivity contribution in [1.82, 2.24) is 15.3 Å². The molecule has 14 heteroatoms. The van der Waals surface area contributed by atoms with Crippen molar-refractivity contribution in [2.75, 3.05) is 25.1 Å². The van der Waals surface area contributed by atoms with E-state index in [0.717, 1.165) is 17.4 Å². The van der Waals surface area contributed by atoms with Gasteiger partial charge < -0.3 is 20.1 Å². The van der Waals surface area contributed by atoms with Crippen LogP contribution in [0.3, 0.4) is 0 Å². The highest BCUT2D eigenvalue weighted by Gasteiger charge is 2.38. The number of amidine groups is 1. The summed E-state index contributed by atoms with van der Waals surface area (Å²) < 4.78 is 33.4. The molecule has 1 saturated heterocycles. The summed E-state index contributed by atoms with van der Waals surface area (Å²) in [7, 11) is 1.24. The Balaban J connectivity index is 1.53. The van der Waals surface area contributed by atoms with Gasteiger partial charge in [0.1, 0.15) is 10.9 Å². The van der Waals surface area contributed by atoms with Crippen molar-refractivity contribution in [2.24, 2.45) is 10.9 Å². The summed E-state index contributed by atoms with van der Waals surface area (Å²) >= 11 is 8.65. The van der Waals surface area contributed by atoms with Crippen molar-refractivity contribution in [3.8, 4) is 0 Å². The minimum Gasteiger partial charge on any atom is -0.477 e. The van der Waals surface area contributed by atoms with Gasteiger partial charge in [-0.3, -0.25) is 4.99 Å². The third kappa shape index (κ3) is 4.88. The number of ether oxygens (including phenoxy) is 1. The lowest BCUT2D eigenvalue weighted by atomic mass is 9.85. The largest absolute Gasteiger partial charge is 0.477 e. The molecule has 4 heterocycles. The van der Waals surface area contributed by atoms with Crippen LogP contribution in [-0.4, -0.2) is 53.0 Å². The predicted molar refractivity (Wildman–Crippen MR) is 139 cm³/mol. The third-order valence-electron chi connectivity index (χ3n) is 6.35. The number of allylic oxidation sites excluding steroid dienone is 1. The topological polar surface area (TPSA) is 117 Å². The average Bonchev–Trinajstić information content (AvgIpc) is 3.64. The van der Waals surface area contributed by atoms with Crippen LogP contribution in [0.1, 0.15) is 39.1 Å². The Bertz CT molecular complexity index is 1450. The van der Waals surface area contributed by atoms with Crippen molar-refractivity contribution in [2.45, 2.75) is 18.9 Å². The summed E-state index contributed by atoms with van der Waals surface area (Å²) in [5, 5.41) is 14.9. The molecule has 2 N–H and O–H groups in total. The van der Waals surface area contributed by atoms with E-state index in [2.05, 4.69) is 20.3 Å². The number of nitrogens with one attached hydrogen (secondary N) is 1. The minimum absolute atomic E-state index is 0.125. The number of methoxy groups -OCH3 is 1. The zero-order chi connectivity index (χ0) is 27.0. The fourth-order valence-electron chi connectivity index (χ4n) is 4.52. The van der Waals surface area contributed by atoms with Crippen molar-refractivity contribution >= 4 is 57.2 Å². The number of piperidine rings is 1. The van der Waals surface area contributed by atoms with E-state index in [1.807, 2.05) is 4.90 Å². The van der Waals surface area contributed by atoms with E-state index in [-0.39, 0.29) is 21.9 Å². The van der Waals surface area contributed by atoms with Crippen LogP contribution < -0.4 is 10.2 Å². The summed E-state index contributed by atoms with van der Waals surface area (Å²) in [6.45, 7) is 1.11. The number of halogens is 3. The van der Waals surface area contributed by atoms with E-state index in [1.54, 1.807) is 11.6 Å². The van der Waals surface area contributed by atoms with Gasteiger partial charge in [-0.25, -0.2) is 28.3 Å². The Labute approximate surface area is 228 Å². The molecule has 1 unspecified atom stereocenters. The van der Waals surface area contributed by atoms with Crippen LogP contribution in [0, 0.1) is 17.6 Å². The lowest BCUT2D eigenvalue weighted by Crippen LogP contribution is -2.41. The highest BCUT2D eigenvalue weighted by molar-refractivity contribution is 7.17. The first-order chi connectivity index (χ1) is 18.3. The van der Waals surface area contributed by atoms with Gasteiger partial charge in [-0.15, -0.1) is 11.3 Å². The Morgan fingerprint density at radius 3 is 2.63 bits per heavy atom. The van der Waals surface area contributed by atoms with E-state index in [0.29, 0.717) is 47.6 Å². The van der Waals surface area contributed by atoms with Gasteiger partial charge in [0.15, 0.2) is 27.6 Å². The molecule has 0 aliphatic carbocycles. The molecule has 3 aromatic rings. The molecular weight excluding hydrogens is 560 g/mol. The molecule has 1 atom stereocenters. The molecule has 2 aliphatic heterocycles. The number of aromatic carboxylic acids is 1. The molecule has 0 saturated carbocycles. The highest BCUT2D eigenvalue weighted by Crippen LogP contribution is 2.41. The lowest BCUT2D eigenvalue weighted by Gasteiger charge is -2.36. The van der Waals surface area contributed by atoms with Gasteiger partial charge >= 0.3 is 11.9 Å². The Kier molecular flexibility index (Phi) is 7.41. The molecule has 5 rings (SSSR count). The van der Waals surface area contributed by atoms with E-state index in [1.165, 1.54) is 30.7 Å². The molecular formula is C24H20ClF2N5O4S2. The number of thiazole rings is 2. The number of aliphatic imine (C=N–C) groups is 1. The maximum absolute atomic E-state index is 14.5. The second-order valence-electron chi connectivity index (χ2n) is 8.50. The number of nitrogens with zero attached hydrogens (tertiary/aromatic N) is 4. The van der Waals surface area contributed by atoms with Gasteiger partial charge in [0.25, 0.3) is 0 Å². The smallest absolute Gasteiger partial charge is 0.347 e. The van der Waals surface area contributed by atoms with Crippen molar-refractivity contribution in [3.63, 3.8) is 0 Å². The molecule has 0 radical (unpaired) electrons. The van der Waals surface area contributed by atoms with Crippen LogP contribution in [0.25, 0.3) is 0 Å². The zero-order valence-electron chi connectivity index (χ0n) is 19.8. The second-order valence-corrected chi connectivity index (χ2v) is 10.8. The summed E-state index contributed by atoms with van der Waals surface area (Å²) in [5.41, 5.74) is 0.829. The van der Waals surface area contributed by atoms with Gasteiger partial charge in [-0.2, -0.15) is 0 Å². The van der Waals surface area contributed by atoms with Crippen molar-refractivity contribution in [1.29, 1.82) is 0 Å². The van der Waals surface area contributed by atoms with Crippen LogP contribution >= 0.6 is 34.3 Å². The molecule has 9 nitrogen and oxygen atoms in total. The number of carboxylic acids is 1. The van der Waals surface area contributed by atoms with E-state index < -0.39 is 34.6 Å². The molecule has 0 bridgehead atoms. The molecule has 1 aromatic carbocycles. The van der Waals surface area contributed by atoms with E-state index in [9.17, 15) is 23.5 Å². The van der Waals surface area contributed by atoms with E-state index >= 15 is 0 Å². The van der Waals surface area contributed by atoms with Gasteiger partial charge in [0.05, 0.1) is 23.9 Å². The number of rotatable bonds is 6. The quantitative estimate of drug-likeness (QED) is 0.320. The van der Waals surface area contributed by atoms with Gasteiger partial charge in [0.2, 0.25) is 0 Å². The Hall–Kier alpha value is -3.42. The molecule has 2 aromatic heterocycles. The van der Waals surface area contributed by atoms with Gasteiger partial charge in [-0.05, 0) is 18.9 Å². The standard InChI is InChI=1S/C24H20ClF2N5O4S2/c1-36-23(35)15-18(11-4-7-32(8-5-11)24-29-10-14(38-24)22(33)34)30-20(21-28-6-9-37-21)31-19(15)12-2-3-13(26)17(27)16(12)25/h2-3,6,9-11,19H,4-5,7-8H2,1H3,(H,30,31)(H,33,34). The number of carboxylic acid groups (broad SMARTS) is 1. The molecule has 0 amide bonds. The predicted octanol–water partition coefficient (Wildman–Crippen LogP) is 4.66. The molecule has 198 valence electrons. The third-order valence-corrected chi connectivity index (χ3v) is 8.56. The van der Waals surface area contributed by atoms with Crippen LogP contribution in [0.4, 0.5) is 13.9 Å². The number of esters is 1. The van der Waals surface area contributed by atoms with Crippen LogP contribution in [0.5, 0.6) is 0 Å². The van der Waals surface area contributed by atoms with Crippen molar-refractivity contribution < 1.29 is 28.2 Å². The summed E-state index contributed by atoms with van der Waals surface area (Å²) in [5.74, 6) is -3.82. The first-order valence-electron chi connectivity index (χ1n) is 11.4. The molecule has 38 heavy (non-hydrogen) atoms. The SMILES string of the molecule is COC(=O)C1=C(C2CCN(c3ncc(C(=O)O)s3)CC2)NC(c2nccs2)=NC1c1ccc(F)c(F)c1Cl. The van der Waals surface area contributed by atoms with E-state index in [4.69, 9.17) is 16.3 Å². The van der Waals surface area contributed by atoms with Gasteiger partial charge in [0, 0.05) is 41.8 Å². The number of hydrogen-bond donors (Lipinski definition) is 2. The lowest BCUT2D eigenvalue weighted by molar-refractivity contribution is -0.136. The molecule has 2 aliphatic rings. The zero-order valence-corrected chi connectivity index (χ0v) is 22.2. The number of anilines is 1. The Morgan fingerprint density at radius 1 is 1.24 bits per heavy atom. The highest BCUT2D eigenvalue weighted by atomic mass is 35.5. The summed E-state index contributed by atoms with van der Waals surface area (Å²) in [4.78, 5) is 39.7. The normalized spacial score (nSPS) is 18.3. The van der Waals surface area contributed by atoms with Crippen molar-refractivity contribution in [3.05, 3.63) is 73.3 Å². The molecule has 0 spiro atoms. The molecule has 1 fully saturated rings. The summed E-state index contributed by atoms with van der Waals surface area (Å²) in [6, 6.07) is 1.20. The maximum atomic E-state index is 14.5. The first-order valence-corrected chi connectivity index (χ1v) is 13.5. The average molecular weight is 580 g/mol. The summed E-state index contributed by atoms with van der Waals surface area (Å²) in [6.07, 6.45) is 4.13. The minimum atomic E-state index is -1.23. The number of aromatic nitrogens is 2. The van der Waals surface area contributed by atoms with Crippen LogP contribution in [0.2, 0.25) is 5.02 Å². The first kappa shape index (κ1) is 26.2. The number of carbonyl (C=O) groups excluding carboxylic acids is 1. The number of hydrogen-bond acceptors (Lipinski definition) is 10. The second kappa shape index (κ2) is 10.8. The fraction of sp³-hybridized carbons (Fsp3) is 0.292.